The molecule has 2 aliphatic rings. The van der Waals surface area contributed by atoms with Gasteiger partial charge in [0.25, 0.3) is 0 Å². The molecule has 0 atom stereocenters. The zero-order valence-electron chi connectivity index (χ0n) is 22.5. The van der Waals surface area contributed by atoms with Crippen molar-refractivity contribution in [1.82, 2.24) is 19.7 Å². The van der Waals surface area contributed by atoms with Crippen LogP contribution in [0.1, 0.15) is 29.1 Å². The Kier molecular flexibility index (Phi) is 11.8. The summed E-state index contributed by atoms with van der Waals surface area (Å²) >= 11 is 1.63. The van der Waals surface area contributed by atoms with Gasteiger partial charge < -0.3 is 15.1 Å². The minimum atomic E-state index is -5.08. The first-order valence-corrected chi connectivity index (χ1v) is 13.2. The molecule has 2 aromatic rings. The molecule has 3 heterocycles. The first-order chi connectivity index (χ1) is 19.3. The number of carbonyl (C=O) groups excluding carboxylic acids is 1. The molecular formula is C25H29F7N4O5S. The van der Waals surface area contributed by atoms with Crippen molar-refractivity contribution in [2.24, 2.45) is 0 Å². The molecule has 9 nitrogen and oxygen atoms in total. The molecule has 1 spiro atoms. The maximum atomic E-state index is 13.4. The minimum Gasteiger partial charge on any atom is -0.475 e. The Bertz CT molecular complexity index is 1190. The predicted molar refractivity (Wildman–Crippen MR) is 136 cm³/mol. The number of carbonyl (C=O) groups is 3. The number of aliphatic carboxylic acids is 2. The summed E-state index contributed by atoms with van der Waals surface area (Å²) in [6.45, 7) is 6.81. The van der Waals surface area contributed by atoms with Gasteiger partial charge in [-0.25, -0.2) is 19.0 Å². The van der Waals surface area contributed by atoms with Gasteiger partial charge in [0, 0.05) is 38.1 Å². The SMILES string of the molecule is Cc1nc(CN2CCN(C)C3(CCN(Cc4ccc(F)cc4)CC3)C2=O)cs1.O=C(O)C(F)(F)F.O=C(O)C(F)(F)F. The topological polar surface area (TPSA) is 114 Å². The van der Waals surface area contributed by atoms with Gasteiger partial charge in [0.1, 0.15) is 11.4 Å². The molecule has 17 heteroatoms. The molecule has 2 aliphatic heterocycles. The highest BCUT2D eigenvalue weighted by molar-refractivity contribution is 7.09. The van der Waals surface area contributed by atoms with Crippen LogP contribution in [0.25, 0.3) is 0 Å². The normalized spacial score (nSPS) is 17.6. The first-order valence-electron chi connectivity index (χ1n) is 12.3. The Morgan fingerprint density at radius 1 is 0.929 bits per heavy atom. The lowest BCUT2D eigenvalue weighted by molar-refractivity contribution is -0.193. The first kappa shape index (κ1) is 34.9. The number of likely N-dealkylation sites (N-methyl/N-ethyl adjacent to an activating group) is 1. The number of aromatic nitrogens is 1. The number of likely N-dealkylation sites (tertiary alicyclic amines) is 1. The summed E-state index contributed by atoms with van der Waals surface area (Å²) in [5.41, 5.74) is 1.70. The molecule has 234 valence electrons. The van der Waals surface area contributed by atoms with Crippen molar-refractivity contribution < 1.29 is 55.3 Å². The van der Waals surface area contributed by atoms with Crippen molar-refractivity contribution >= 4 is 29.2 Å². The molecule has 2 saturated heterocycles. The van der Waals surface area contributed by atoms with Gasteiger partial charge in [0.05, 0.1) is 17.2 Å². The van der Waals surface area contributed by atoms with Crippen molar-refractivity contribution in [3.05, 3.63) is 51.7 Å². The van der Waals surface area contributed by atoms with E-state index in [2.05, 4.69) is 27.2 Å². The van der Waals surface area contributed by atoms with Crippen LogP contribution in [0.4, 0.5) is 30.7 Å². The molecule has 0 saturated carbocycles. The Morgan fingerprint density at radius 2 is 1.43 bits per heavy atom. The van der Waals surface area contributed by atoms with Gasteiger partial charge in [-0.05, 0) is 44.5 Å². The lowest BCUT2D eigenvalue weighted by Gasteiger charge is -2.51. The second kappa shape index (κ2) is 14.2. The van der Waals surface area contributed by atoms with E-state index in [-0.39, 0.29) is 11.7 Å². The van der Waals surface area contributed by atoms with Gasteiger partial charge in [-0.3, -0.25) is 14.6 Å². The number of thiazole rings is 1. The third-order valence-corrected chi connectivity index (χ3v) is 7.45. The second-order valence-corrected chi connectivity index (χ2v) is 10.6. The number of amides is 1. The van der Waals surface area contributed by atoms with Crippen LogP contribution in [-0.4, -0.2) is 98.9 Å². The fourth-order valence-corrected chi connectivity index (χ4v) is 5.00. The van der Waals surface area contributed by atoms with Crippen molar-refractivity contribution in [1.29, 1.82) is 0 Å². The summed E-state index contributed by atoms with van der Waals surface area (Å²) < 4.78 is 76.6. The van der Waals surface area contributed by atoms with Crippen molar-refractivity contribution in [3.63, 3.8) is 0 Å². The predicted octanol–water partition coefficient (Wildman–Crippen LogP) is 4.17. The van der Waals surface area contributed by atoms with Crippen LogP contribution >= 0.6 is 11.3 Å². The molecule has 0 radical (unpaired) electrons. The van der Waals surface area contributed by atoms with E-state index in [1.165, 1.54) is 12.1 Å². The Morgan fingerprint density at radius 3 is 1.86 bits per heavy atom. The fourth-order valence-electron chi connectivity index (χ4n) is 4.40. The lowest BCUT2D eigenvalue weighted by Crippen LogP contribution is -2.67. The molecule has 42 heavy (non-hydrogen) atoms. The number of halogens is 7. The molecule has 1 amide bonds. The largest absolute Gasteiger partial charge is 0.490 e. The van der Waals surface area contributed by atoms with E-state index >= 15 is 0 Å². The quantitative estimate of drug-likeness (QED) is 0.485. The second-order valence-electron chi connectivity index (χ2n) is 9.55. The number of nitrogens with zero attached hydrogens (tertiary/aromatic N) is 4. The highest BCUT2D eigenvalue weighted by atomic mass is 32.1. The van der Waals surface area contributed by atoms with E-state index < -0.39 is 29.8 Å². The maximum Gasteiger partial charge on any atom is 0.490 e. The van der Waals surface area contributed by atoms with Gasteiger partial charge in [-0.15, -0.1) is 11.3 Å². The standard InChI is InChI=1S/C21H27FN4OS.2C2HF3O2/c1-16-23-19(15-28-16)14-26-12-11-24(2)21(20(26)27)7-9-25(10-8-21)13-17-3-5-18(22)6-4-17;2*3-2(4,5)1(6)7/h3-6,15H,7-14H2,1-2H3;2*(H,6,7). The Hall–Kier alpha value is -3.31. The molecule has 2 N–H and O–H groups in total. The number of rotatable bonds is 4. The van der Waals surface area contributed by atoms with E-state index in [1.54, 1.807) is 11.3 Å². The fraction of sp³-hybridized carbons (Fsp3) is 0.520. The summed E-state index contributed by atoms with van der Waals surface area (Å²) in [6.07, 6.45) is -8.51. The van der Waals surface area contributed by atoms with Crippen LogP contribution in [-0.2, 0) is 27.5 Å². The van der Waals surface area contributed by atoms with Crippen LogP contribution in [0.3, 0.4) is 0 Å². The van der Waals surface area contributed by atoms with Crippen molar-refractivity contribution in [2.45, 2.75) is 50.7 Å². The van der Waals surface area contributed by atoms with Gasteiger partial charge in [-0.1, -0.05) is 12.1 Å². The van der Waals surface area contributed by atoms with E-state index in [9.17, 15) is 35.5 Å². The average Bonchev–Trinajstić information content (AvgIpc) is 3.31. The molecular weight excluding hydrogens is 601 g/mol. The van der Waals surface area contributed by atoms with Crippen LogP contribution in [0.5, 0.6) is 0 Å². The number of hydrogen-bond donors (Lipinski definition) is 2. The van der Waals surface area contributed by atoms with Gasteiger partial charge in [0.2, 0.25) is 5.91 Å². The summed E-state index contributed by atoms with van der Waals surface area (Å²) in [7, 11) is 2.08. The van der Waals surface area contributed by atoms with E-state index in [4.69, 9.17) is 19.8 Å². The third kappa shape index (κ3) is 9.90. The van der Waals surface area contributed by atoms with E-state index in [0.717, 1.165) is 61.8 Å². The summed E-state index contributed by atoms with van der Waals surface area (Å²) in [5.74, 6) is -5.47. The molecule has 0 aliphatic carbocycles. The number of alkyl halides is 6. The van der Waals surface area contributed by atoms with Crippen LogP contribution in [0.2, 0.25) is 0 Å². The number of carboxylic acids is 2. The Balaban J connectivity index is 0.000000367. The summed E-state index contributed by atoms with van der Waals surface area (Å²) in [5, 5.41) is 17.3. The van der Waals surface area contributed by atoms with Gasteiger partial charge >= 0.3 is 24.3 Å². The molecule has 1 aromatic heterocycles. The number of piperidine rings is 1. The third-order valence-electron chi connectivity index (χ3n) is 6.63. The zero-order valence-corrected chi connectivity index (χ0v) is 23.3. The van der Waals surface area contributed by atoms with Crippen LogP contribution in [0.15, 0.2) is 29.6 Å². The van der Waals surface area contributed by atoms with Gasteiger partial charge in [-0.2, -0.15) is 26.3 Å². The minimum absolute atomic E-state index is 0.203. The van der Waals surface area contributed by atoms with Crippen molar-refractivity contribution in [2.75, 3.05) is 33.2 Å². The number of benzene rings is 1. The maximum absolute atomic E-state index is 13.4. The lowest BCUT2D eigenvalue weighted by atomic mass is 9.82. The number of hydrogen-bond acceptors (Lipinski definition) is 7. The highest BCUT2D eigenvalue weighted by Gasteiger charge is 2.49. The Labute approximate surface area is 240 Å². The van der Waals surface area contributed by atoms with E-state index in [0.29, 0.717) is 6.54 Å². The molecule has 1 aromatic carbocycles. The summed E-state index contributed by atoms with van der Waals surface area (Å²) in [4.78, 5) is 42.4. The average molecular weight is 631 g/mol. The number of aryl methyl sites for hydroxylation is 1. The number of piperazine rings is 1. The van der Waals surface area contributed by atoms with E-state index in [1.807, 2.05) is 24.0 Å². The smallest absolute Gasteiger partial charge is 0.475 e. The monoisotopic (exact) mass is 630 g/mol. The van der Waals surface area contributed by atoms with Gasteiger partial charge in [0.15, 0.2) is 0 Å². The molecule has 4 rings (SSSR count). The number of carboxylic acid groups (broad SMARTS) is 2. The van der Waals surface area contributed by atoms with Crippen LogP contribution in [0, 0.1) is 12.7 Å². The molecule has 0 bridgehead atoms. The highest BCUT2D eigenvalue weighted by Crippen LogP contribution is 2.34. The van der Waals surface area contributed by atoms with Crippen LogP contribution < -0.4 is 0 Å². The summed E-state index contributed by atoms with van der Waals surface area (Å²) in [6, 6.07) is 6.71. The molecule has 0 unspecified atom stereocenters. The molecule has 2 fully saturated rings. The van der Waals surface area contributed by atoms with Crippen molar-refractivity contribution in [3.8, 4) is 0 Å². The zero-order chi connectivity index (χ0) is 31.9.